The molecule has 1 unspecified atom stereocenters. The maximum Gasteiger partial charge on any atom is 0.141 e. The third kappa shape index (κ3) is 4.75. The normalized spacial score (nSPS) is 21.9. The summed E-state index contributed by atoms with van der Waals surface area (Å²) in [6, 6.07) is 0.729. The van der Waals surface area contributed by atoms with Crippen LogP contribution in [0.1, 0.15) is 55.9 Å². The molecule has 1 atom stereocenters. The Labute approximate surface area is 179 Å². The fourth-order valence-electron chi connectivity index (χ4n) is 5.04. The van der Waals surface area contributed by atoms with E-state index in [2.05, 4.69) is 35.7 Å². The lowest BCUT2D eigenvalue weighted by molar-refractivity contribution is 0.0648. The topological polar surface area (TPSA) is 41.5 Å². The average Bonchev–Trinajstić information content (AvgIpc) is 3.08. The minimum Gasteiger partial charge on any atom is -0.381 e. The van der Waals surface area contributed by atoms with Crippen molar-refractivity contribution in [3.63, 3.8) is 0 Å². The Hall–Kier alpha value is -1.24. The number of piperidine rings is 2. The number of rotatable bonds is 7. The van der Waals surface area contributed by atoms with Crippen LogP contribution in [0.3, 0.4) is 0 Å². The highest BCUT2D eigenvalue weighted by Crippen LogP contribution is 2.36. The van der Waals surface area contributed by atoms with Gasteiger partial charge in [0.05, 0.1) is 5.39 Å². The minimum absolute atomic E-state index is 0.683. The molecule has 0 spiro atoms. The number of hydrogen-bond donors (Lipinski definition) is 0. The first-order chi connectivity index (χ1) is 14.2. The Morgan fingerprint density at radius 2 is 1.97 bits per heavy atom. The van der Waals surface area contributed by atoms with Gasteiger partial charge in [-0.1, -0.05) is 13.3 Å². The summed E-state index contributed by atoms with van der Waals surface area (Å²) in [5.41, 5.74) is 1.43. The van der Waals surface area contributed by atoms with Crippen LogP contribution in [0.2, 0.25) is 0 Å². The quantitative estimate of drug-likeness (QED) is 0.614. The van der Waals surface area contributed by atoms with E-state index in [1.165, 1.54) is 60.9 Å². The van der Waals surface area contributed by atoms with Crippen LogP contribution >= 0.6 is 11.3 Å². The number of anilines is 1. The summed E-state index contributed by atoms with van der Waals surface area (Å²) in [7, 11) is 2.27. The van der Waals surface area contributed by atoms with E-state index in [-0.39, 0.29) is 0 Å². The summed E-state index contributed by atoms with van der Waals surface area (Å²) >= 11 is 1.81. The van der Waals surface area contributed by atoms with Gasteiger partial charge in [0.25, 0.3) is 0 Å². The molecule has 0 radical (unpaired) electrons. The molecule has 5 nitrogen and oxygen atoms in total. The van der Waals surface area contributed by atoms with Crippen molar-refractivity contribution in [2.75, 3.05) is 44.8 Å². The van der Waals surface area contributed by atoms with Gasteiger partial charge in [-0.15, -0.1) is 11.3 Å². The van der Waals surface area contributed by atoms with Crippen LogP contribution in [0.15, 0.2) is 6.33 Å². The Morgan fingerprint density at radius 1 is 1.14 bits per heavy atom. The average molecular weight is 417 g/mol. The molecule has 2 aromatic heterocycles. The largest absolute Gasteiger partial charge is 0.381 e. The highest BCUT2D eigenvalue weighted by molar-refractivity contribution is 7.18. The molecule has 0 aromatic carbocycles. The Balaban J connectivity index is 1.27. The first-order valence-electron chi connectivity index (χ1n) is 11.4. The minimum atomic E-state index is 0.683. The van der Waals surface area contributed by atoms with E-state index in [0.717, 1.165) is 49.4 Å². The molecule has 0 amide bonds. The Kier molecular flexibility index (Phi) is 7.04. The fourth-order valence-corrected chi connectivity index (χ4v) is 6.12. The molecule has 2 saturated heterocycles. The van der Waals surface area contributed by atoms with Gasteiger partial charge in [0.15, 0.2) is 0 Å². The summed E-state index contributed by atoms with van der Waals surface area (Å²) < 4.78 is 6.11. The van der Waals surface area contributed by atoms with E-state index in [9.17, 15) is 0 Å². The van der Waals surface area contributed by atoms with Crippen LogP contribution in [-0.4, -0.2) is 60.8 Å². The molecule has 0 saturated carbocycles. The second-order valence-electron chi connectivity index (χ2n) is 8.79. The van der Waals surface area contributed by atoms with Crippen molar-refractivity contribution in [3.8, 4) is 0 Å². The maximum absolute atomic E-state index is 6.11. The van der Waals surface area contributed by atoms with Gasteiger partial charge in [-0.05, 0) is 70.5 Å². The number of thiophene rings is 1. The zero-order chi connectivity index (χ0) is 20.2. The SMILES string of the molecule is CCc1c(C)sc2ncnc(N3CCC(COCCC4CCCCN4C)CC3)c12. The molecule has 0 N–H and O–H groups in total. The van der Waals surface area contributed by atoms with Gasteiger partial charge in [-0.2, -0.15) is 0 Å². The second-order valence-corrected chi connectivity index (χ2v) is 10.00. The number of fused-ring (bicyclic) bond motifs is 1. The predicted octanol–water partition coefficient (Wildman–Crippen LogP) is 4.67. The van der Waals surface area contributed by atoms with E-state index in [0.29, 0.717) is 5.92 Å². The summed E-state index contributed by atoms with van der Waals surface area (Å²) in [5.74, 6) is 1.83. The molecule has 29 heavy (non-hydrogen) atoms. The molecule has 2 aliphatic rings. The van der Waals surface area contributed by atoms with Crippen LogP contribution in [0.4, 0.5) is 5.82 Å². The monoisotopic (exact) mass is 416 g/mol. The molecule has 4 heterocycles. The molecule has 2 aliphatic heterocycles. The van der Waals surface area contributed by atoms with Crippen molar-refractivity contribution in [2.45, 2.75) is 64.8 Å². The summed E-state index contributed by atoms with van der Waals surface area (Å²) in [4.78, 5) is 16.7. The van der Waals surface area contributed by atoms with Crippen molar-refractivity contribution in [3.05, 3.63) is 16.8 Å². The third-order valence-electron chi connectivity index (χ3n) is 6.91. The molecule has 4 rings (SSSR count). The van der Waals surface area contributed by atoms with Crippen molar-refractivity contribution in [1.82, 2.24) is 14.9 Å². The van der Waals surface area contributed by atoms with Crippen molar-refractivity contribution >= 4 is 27.4 Å². The van der Waals surface area contributed by atoms with Crippen molar-refractivity contribution in [1.29, 1.82) is 0 Å². The van der Waals surface area contributed by atoms with Crippen LogP contribution in [0, 0.1) is 12.8 Å². The van der Waals surface area contributed by atoms with E-state index in [1.807, 2.05) is 0 Å². The molecule has 2 fully saturated rings. The van der Waals surface area contributed by atoms with Gasteiger partial charge < -0.3 is 14.5 Å². The predicted molar refractivity (Wildman–Crippen MR) is 122 cm³/mol. The number of ether oxygens (including phenoxy) is 1. The van der Waals surface area contributed by atoms with E-state index >= 15 is 0 Å². The molecular formula is C23H36N4OS. The summed E-state index contributed by atoms with van der Waals surface area (Å²) in [6.07, 6.45) is 10.4. The Morgan fingerprint density at radius 3 is 2.72 bits per heavy atom. The van der Waals surface area contributed by atoms with Crippen molar-refractivity contribution < 1.29 is 4.74 Å². The smallest absolute Gasteiger partial charge is 0.141 e. The third-order valence-corrected chi connectivity index (χ3v) is 7.96. The van der Waals surface area contributed by atoms with Gasteiger partial charge in [0, 0.05) is 37.2 Å². The van der Waals surface area contributed by atoms with E-state index in [1.54, 1.807) is 17.7 Å². The molecule has 2 aromatic rings. The first kappa shape index (κ1) is 21.0. The number of aryl methyl sites for hydroxylation is 2. The maximum atomic E-state index is 6.11. The molecule has 6 heteroatoms. The lowest BCUT2D eigenvalue weighted by Gasteiger charge is -2.34. The molecule has 0 aliphatic carbocycles. The molecule has 0 bridgehead atoms. The van der Waals surface area contributed by atoms with Crippen LogP contribution in [-0.2, 0) is 11.2 Å². The van der Waals surface area contributed by atoms with Gasteiger partial charge in [-0.25, -0.2) is 9.97 Å². The van der Waals surface area contributed by atoms with E-state index in [4.69, 9.17) is 9.72 Å². The number of aromatic nitrogens is 2. The van der Waals surface area contributed by atoms with Crippen LogP contribution in [0.5, 0.6) is 0 Å². The van der Waals surface area contributed by atoms with Gasteiger partial charge in [0.2, 0.25) is 0 Å². The first-order valence-corrected chi connectivity index (χ1v) is 12.2. The zero-order valence-electron chi connectivity index (χ0n) is 18.3. The summed E-state index contributed by atoms with van der Waals surface area (Å²) in [5, 5.41) is 1.30. The van der Waals surface area contributed by atoms with Crippen LogP contribution in [0.25, 0.3) is 10.2 Å². The van der Waals surface area contributed by atoms with Crippen LogP contribution < -0.4 is 4.90 Å². The fraction of sp³-hybridized carbons (Fsp3) is 0.739. The number of hydrogen-bond acceptors (Lipinski definition) is 6. The highest BCUT2D eigenvalue weighted by Gasteiger charge is 2.24. The molecule has 160 valence electrons. The van der Waals surface area contributed by atoms with Gasteiger partial charge >= 0.3 is 0 Å². The summed E-state index contributed by atoms with van der Waals surface area (Å²) in [6.45, 7) is 9.68. The highest BCUT2D eigenvalue weighted by atomic mass is 32.1. The Bertz CT molecular complexity index is 800. The standard InChI is InChI=1S/C23H36N4OS/c1-4-20-17(2)29-23-21(20)22(24-16-25-23)27-12-8-18(9-13-27)15-28-14-10-19-7-5-6-11-26(19)3/h16,18-19H,4-15H2,1-3H3. The zero-order valence-corrected chi connectivity index (χ0v) is 19.1. The molecular weight excluding hydrogens is 380 g/mol. The van der Waals surface area contributed by atoms with Gasteiger partial charge in [-0.3, -0.25) is 0 Å². The number of nitrogens with zero attached hydrogens (tertiary/aromatic N) is 4. The van der Waals surface area contributed by atoms with Gasteiger partial charge in [0.1, 0.15) is 17.0 Å². The van der Waals surface area contributed by atoms with E-state index < -0.39 is 0 Å². The lowest BCUT2D eigenvalue weighted by Crippen LogP contribution is -2.37. The lowest BCUT2D eigenvalue weighted by atomic mass is 9.97. The number of likely N-dealkylation sites (tertiary alicyclic amines) is 1. The second kappa shape index (κ2) is 9.71. The van der Waals surface area contributed by atoms with Crippen molar-refractivity contribution in [2.24, 2.45) is 5.92 Å².